The van der Waals surface area contributed by atoms with E-state index >= 15 is 0 Å². The zero-order chi connectivity index (χ0) is 19.9. The van der Waals surface area contributed by atoms with Crippen molar-refractivity contribution in [2.45, 2.75) is 44.9 Å². The molecule has 0 unspecified atom stereocenters. The molecular formula is C22H26N6O. The molecular weight excluding hydrogens is 364 g/mol. The molecule has 1 aliphatic rings. The number of nitrogens with zero attached hydrogens (tertiary/aromatic N) is 4. The van der Waals surface area contributed by atoms with Gasteiger partial charge in [0.2, 0.25) is 5.91 Å². The minimum Gasteiger partial charge on any atom is -0.339 e. The number of amides is 1. The highest BCUT2D eigenvalue weighted by Crippen LogP contribution is 2.27. The Morgan fingerprint density at radius 2 is 1.79 bits per heavy atom. The third-order valence-electron chi connectivity index (χ3n) is 5.34. The van der Waals surface area contributed by atoms with Crippen molar-refractivity contribution in [3.05, 3.63) is 54.9 Å². The summed E-state index contributed by atoms with van der Waals surface area (Å²) in [6.45, 7) is 0. The summed E-state index contributed by atoms with van der Waals surface area (Å²) in [6, 6.07) is 13.2. The van der Waals surface area contributed by atoms with E-state index in [2.05, 4.69) is 25.9 Å². The third kappa shape index (κ3) is 5.40. The minimum absolute atomic E-state index is 0.0939. The molecule has 0 saturated heterocycles. The second-order valence-corrected chi connectivity index (χ2v) is 7.52. The molecule has 1 aliphatic carbocycles. The van der Waals surface area contributed by atoms with E-state index in [0.717, 1.165) is 23.7 Å². The molecule has 1 saturated carbocycles. The number of aromatic nitrogens is 4. The summed E-state index contributed by atoms with van der Waals surface area (Å²) in [6.07, 6.45) is 11.7. The Balaban J connectivity index is 1.27. The number of anilines is 3. The molecule has 7 heteroatoms. The normalized spacial score (nSPS) is 14.5. The Hall–Kier alpha value is -3.22. The highest BCUT2D eigenvalue weighted by Gasteiger charge is 2.14. The lowest BCUT2D eigenvalue weighted by molar-refractivity contribution is -0.116. The van der Waals surface area contributed by atoms with Crippen molar-refractivity contribution in [3.63, 3.8) is 0 Å². The van der Waals surface area contributed by atoms with Crippen LogP contribution in [0.15, 0.2) is 54.9 Å². The Kier molecular flexibility index (Phi) is 6.14. The summed E-state index contributed by atoms with van der Waals surface area (Å²) in [4.78, 5) is 12.2. The van der Waals surface area contributed by atoms with E-state index in [1.54, 1.807) is 10.9 Å². The first-order valence-electron chi connectivity index (χ1n) is 10.3. The van der Waals surface area contributed by atoms with Gasteiger partial charge in [-0.3, -0.25) is 4.79 Å². The third-order valence-corrected chi connectivity index (χ3v) is 5.34. The number of carbonyl (C=O) groups is 1. The largest absolute Gasteiger partial charge is 0.339 e. The van der Waals surface area contributed by atoms with Gasteiger partial charge in [0.1, 0.15) is 0 Å². The molecule has 0 spiro atoms. The van der Waals surface area contributed by atoms with Crippen molar-refractivity contribution in [1.29, 1.82) is 0 Å². The van der Waals surface area contributed by atoms with Crippen LogP contribution in [0.5, 0.6) is 0 Å². The maximum absolute atomic E-state index is 12.2. The van der Waals surface area contributed by atoms with E-state index in [4.69, 9.17) is 0 Å². The highest BCUT2D eigenvalue weighted by molar-refractivity contribution is 5.90. The fraction of sp³-hybridized carbons (Fsp3) is 0.364. The van der Waals surface area contributed by atoms with Crippen molar-refractivity contribution < 1.29 is 4.79 Å². The number of nitrogens with one attached hydrogen (secondary N) is 2. The first kappa shape index (κ1) is 19.1. The molecule has 1 aromatic carbocycles. The van der Waals surface area contributed by atoms with Crippen LogP contribution in [-0.4, -0.2) is 25.9 Å². The summed E-state index contributed by atoms with van der Waals surface area (Å²) >= 11 is 0. The van der Waals surface area contributed by atoms with Crippen LogP contribution in [0.25, 0.3) is 5.82 Å². The molecule has 29 heavy (non-hydrogen) atoms. The van der Waals surface area contributed by atoms with Crippen molar-refractivity contribution in [2.75, 3.05) is 10.6 Å². The van der Waals surface area contributed by atoms with Crippen LogP contribution in [0, 0.1) is 5.92 Å². The zero-order valence-corrected chi connectivity index (χ0v) is 16.4. The molecule has 4 rings (SSSR count). The van der Waals surface area contributed by atoms with Gasteiger partial charge in [0.25, 0.3) is 0 Å². The second kappa shape index (κ2) is 9.32. The lowest BCUT2D eigenvalue weighted by atomic mass is 9.86. The maximum atomic E-state index is 12.2. The van der Waals surface area contributed by atoms with E-state index < -0.39 is 0 Å². The average molecular weight is 390 g/mol. The molecule has 2 aromatic heterocycles. The monoisotopic (exact) mass is 390 g/mol. The zero-order valence-electron chi connectivity index (χ0n) is 16.4. The number of rotatable bonds is 7. The van der Waals surface area contributed by atoms with Gasteiger partial charge < -0.3 is 10.6 Å². The summed E-state index contributed by atoms with van der Waals surface area (Å²) < 4.78 is 1.66. The molecule has 1 amide bonds. The van der Waals surface area contributed by atoms with E-state index in [9.17, 15) is 4.79 Å². The summed E-state index contributed by atoms with van der Waals surface area (Å²) in [5.74, 6) is 2.12. The Morgan fingerprint density at radius 1 is 1.00 bits per heavy atom. The van der Waals surface area contributed by atoms with Crippen LogP contribution < -0.4 is 10.6 Å². The van der Waals surface area contributed by atoms with Crippen LogP contribution in [0.2, 0.25) is 0 Å². The topological polar surface area (TPSA) is 84.7 Å². The second-order valence-electron chi connectivity index (χ2n) is 7.52. The van der Waals surface area contributed by atoms with Crippen molar-refractivity contribution >= 4 is 23.1 Å². The molecule has 150 valence electrons. The summed E-state index contributed by atoms with van der Waals surface area (Å²) in [5.41, 5.74) is 1.69. The fourth-order valence-electron chi connectivity index (χ4n) is 3.74. The first-order valence-corrected chi connectivity index (χ1v) is 10.3. The van der Waals surface area contributed by atoms with Gasteiger partial charge in [0.05, 0.1) is 0 Å². The number of hydrogen-bond acceptors (Lipinski definition) is 5. The van der Waals surface area contributed by atoms with Gasteiger partial charge in [-0.05, 0) is 54.8 Å². The smallest absolute Gasteiger partial charge is 0.224 e. The first-order chi connectivity index (χ1) is 14.3. The molecule has 0 aliphatic heterocycles. The molecule has 2 N–H and O–H groups in total. The highest BCUT2D eigenvalue weighted by atomic mass is 16.1. The molecule has 0 radical (unpaired) electrons. The Bertz CT molecular complexity index is 899. The average Bonchev–Trinajstić information content (AvgIpc) is 3.30. The predicted molar refractivity (Wildman–Crippen MR) is 113 cm³/mol. The van der Waals surface area contributed by atoms with Crippen LogP contribution in [0.1, 0.15) is 44.9 Å². The van der Waals surface area contributed by atoms with Gasteiger partial charge in [-0.2, -0.15) is 5.10 Å². The van der Waals surface area contributed by atoms with Crippen molar-refractivity contribution in [2.24, 2.45) is 5.92 Å². The van der Waals surface area contributed by atoms with Crippen molar-refractivity contribution in [3.8, 4) is 5.82 Å². The molecule has 2 heterocycles. The van der Waals surface area contributed by atoms with E-state index in [-0.39, 0.29) is 5.91 Å². The van der Waals surface area contributed by atoms with E-state index in [1.807, 2.05) is 48.7 Å². The van der Waals surface area contributed by atoms with Crippen LogP contribution >= 0.6 is 0 Å². The van der Waals surface area contributed by atoms with Gasteiger partial charge >= 0.3 is 0 Å². The molecule has 3 aromatic rings. The van der Waals surface area contributed by atoms with Gasteiger partial charge in [0.15, 0.2) is 11.6 Å². The minimum atomic E-state index is 0.0939. The molecule has 0 atom stereocenters. The lowest BCUT2D eigenvalue weighted by Gasteiger charge is -2.21. The lowest BCUT2D eigenvalue weighted by Crippen LogP contribution is -2.14. The van der Waals surface area contributed by atoms with E-state index in [0.29, 0.717) is 18.1 Å². The number of carbonyl (C=O) groups excluding carboxylic acids is 1. The Labute approximate surface area is 170 Å². The number of hydrogen-bond donors (Lipinski definition) is 2. The van der Waals surface area contributed by atoms with Crippen molar-refractivity contribution in [1.82, 2.24) is 20.0 Å². The number of benzene rings is 1. The van der Waals surface area contributed by atoms with Crippen LogP contribution in [0.4, 0.5) is 17.2 Å². The quantitative estimate of drug-likeness (QED) is 0.610. The molecule has 7 nitrogen and oxygen atoms in total. The van der Waals surface area contributed by atoms with Gasteiger partial charge in [-0.15, -0.1) is 10.2 Å². The predicted octanol–water partition coefficient (Wildman–Crippen LogP) is 4.70. The van der Waals surface area contributed by atoms with Gasteiger partial charge in [-0.1, -0.05) is 32.1 Å². The summed E-state index contributed by atoms with van der Waals surface area (Å²) in [5, 5.41) is 18.7. The standard InChI is InChI=1S/C22H26N6O/c29-22(14-7-17-5-2-1-3-6-17)25-19-10-8-18(9-11-19)24-20-12-13-21(27-26-20)28-16-4-15-23-28/h4,8-13,15-17H,1-3,5-7,14H2,(H,24,26)(H,25,29). The SMILES string of the molecule is O=C(CCC1CCCCC1)Nc1ccc(Nc2ccc(-n3cccn3)nn2)cc1. The summed E-state index contributed by atoms with van der Waals surface area (Å²) in [7, 11) is 0. The van der Waals surface area contributed by atoms with Crippen LogP contribution in [0.3, 0.4) is 0 Å². The van der Waals surface area contributed by atoms with Crippen LogP contribution in [-0.2, 0) is 4.79 Å². The molecule has 1 fully saturated rings. The fourth-order valence-corrected chi connectivity index (χ4v) is 3.74. The maximum Gasteiger partial charge on any atom is 0.224 e. The molecule has 0 bridgehead atoms. The van der Waals surface area contributed by atoms with E-state index in [1.165, 1.54) is 32.1 Å². The van der Waals surface area contributed by atoms with Gasteiger partial charge in [-0.25, -0.2) is 4.68 Å². The van der Waals surface area contributed by atoms with Gasteiger partial charge in [0, 0.05) is 30.2 Å². The Morgan fingerprint density at radius 3 is 2.48 bits per heavy atom.